The van der Waals surface area contributed by atoms with Crippen molar-refractivity contribution in [1.82, 2.24) is 5.32 Å². The van der Waals surface area contributed by atoms with Crippen LogP contribution in [0.1, 0.15) is 31.9 Å². The lowest BCUT2D eigenvalue weighted by Gasteiger charge is -2.25. The van der Waals surface area contributed by atoms with Crippen molar-refractivity contribution in [3.05, 3.63) is 54.1 Å². The number of fused-ring (bicyclic) bond motifs is 1. The number of anilines is 1. The monoisotopic (exact) mass is 418 g/mol. The van der Waals surface area contributed by atoms with E-state index in [1.807, 2.05) is 30.3 Å². The molecular formula is C21H26N2O5S. The number of benzene rings is 2. The molecule has 1 aliphatic heterocycles. The van der Waals surface area contributed by atoms with Crippen LogP contribution in [-0.4, -0.2) is 33.9 Å². The smallest absolute Gasteiger partial charge is 0.241 e. The van der Waals surface area contributed by atoms with Crippen LogP contribution < -0.4 is 19.1 Å². The molecule has 0 saturated carbocycles. The zero-order valence-electron chi connectivity index (χ0n) is 16.8. The van der Waals surface area contributed by atoms with Crippen LogP contribution >= 0.6 is 0 Å². The highest BCUT2D eigenvalue weighted by atomic mass is 32.2. The molecular weight excluding hydrogens is 392 g/mol. The van der Waals surface area contributed by atoms with E-state index in [2.05, 4.69) is 19.2 Å². The molecule has 0 fully saturated rings. The number of carbonyl (C=O) groups excluding carboxylic acids is 1. The van der Waals surface area contributed by atoms with Gasteiger partial charge >= 0.3 is 0 Å². The maximum absolute atomic E-state index is 12.8. The number of ether oxygens (including phenoxy) is 2. The van der Waals surface area contributed by atoms with Gasteiger partial charge in [0.15, 0.2) is 11.5 Å². The van der Waals surface area contributed by atoms with Crippen molar-refractivity contribution in [2.24, 2.45) is 5.92 Å². The molecule has 2 aromatic carbocycles. The minimum atomic E-state index is -3.68. The van der Waals surface area contributed by atoms with E-state index in [9.17, 15) is 13.2 Å². The van der Waals surface area contributed by atoms with Crippen LogP contribution in [0.2, 0.25) is 0 Å². The second-order valence-electron chi connectivity index (χ2n) is 7.47. The largest absolute Gasteiger partial charge is 0.454 e. The fourth-order valence-corrected chi connectivity index (χ4v) is 4.09. The van der Waals surface area contributed by atoms with E-state index in [1.165, 1.54) is 0 Å². The van der Waals surface area contributed by atoms with Gasteiger partial charge in [-0.3, -0.25) is 9.10 Å². The predicted molar refractivity (Wildman–Crippen MR) is 112 cm³/mol. The summed E-state index contributed by atoms with van der Waals surface area (Å²) in [6, 6.07) is 14.3. The number of nitrogens with one attached hydrogen (secondary N) is 1. The van der Waals surface area contributed by atoms with Gasteiger partial charge in [-0.15, -0.1) is 0 Å². The molecule has 1 atom stereocenters. The van der Waals surface area contributed by atoms with Crippen molar-refractivity contribution in [3.63, 3.8) is 0 Å². The normalized spacial score (nSPS) is 13.9. The van der Waals surface area contributed by atoms with Gasteiger partial charge in [0.1, 0.15) is 6.54 Å². The zero-order chi connectivity index (χ0) is 21.0. The first-order chi connectivity index (χ1) is 13.7. The van der Waals surface area contributed by atoms with Gasteiger partial charge in [0, 0.05) is 6.07 Å². The predicted octanol–water partition coefficient (Wildman–Crippen LogP) is 3.08. The fraction of sp³-hybridized carbons (Fsp3) is 0.381. The number of carbonyl (C=O) groups is 1. The van der Waals surface area contributed by atoms with Crippen molar-refractivity contribution >= 4 is 21.6 Å². The Bertz CT molecular complexity index is 960. The molecule has 1 amide bonds. The molecule has 0 aromatic heterocycles. The Balaban J connectivity index is 1.79. The summed E-state index contributed by atoms with van der Waals surface area (Å²) < 4.78 is 36.4. The molecule has 1 aliphatic rings. The average molecular weight is 419 g/mol. The second kappa shape index (κ2) is 8.73. The molecule has 156 valence electrons. The maximum atomic E-state index is 12.8. The quantitative estimate of drug-likeness (QED) is 0.712. The van der Waals surface area contributed by atoms with Gasteiger partial charge in [0.05, 0.1) is 18.0 Å². The van der Waals surface area contributed by atoms with E-state index in [-0.39, 0.29) is 25.3 Å². The molecule has 7 nitrogen and oxygen atoms in total. The molecule has 3 rings (SSSR count). The van der Waals surface area contributed by atoms with Crippen LogP contribution in [0.4, 0.5) is 5.69 Å². The maximum Gasteiger partial charge on any atom is 0.241 e. The number of hydrogen-bond acceptors (Lipinski definition) is 5. The summed E-state index contributed by atoms with van der Waals surface area (Å²) in [6.45, 7) is 3.93. The molecule has 29 heavy (non-hydrogen) atoms. The van der Waals surface area contributed by atoms with Gasteiger partial charge in [-0.25, -0.2) is 8.42 Å². The molecule has 0 bridgehead atoms. The topological polar surface area (TPSA) is 84.9 Å². The molecule has 1 N–H and O–H groups in total. The Morgan fingerprint density at radius 2 is 1.79 bits per heavy atom. The lowest BCUT2D eigenvalue weighted by Crippen LogP contribution is -2.41. The van der Waals surface area contributed by atoms with Gasteiger partial charge < -0.3 is 14.8 Å². The highest BCUT2D eigenvalue weighted by Crippen LogP contribution is 2.36. The Morgan fingerprint density at radius 3 is 2.45 bits per heavy atom. The highest BCUT2D eigenvalue weighted by Gasteiger charge is 2.25. The molecule has 8 heteroatoms. The molecule has 0 aliphatic carbocycles. The summed E-state index contributed by atoms with van der Waals surface area (Å²) in [6.07, 6.45) is 1.83. The highest BCUT2D eigenvalue weighted by molar-refractivity contribution is 7.92. The number of rotatable bonds is 8. The van der Waals surface area contributed by atoms with Crippen LogP contribution in [-0.2, 0) is 14.8 Å². The number of amides is 1. The van der Waals surface area contributed by atoms with Gasteiger partial charge in [0.2, 0.25) is 22.7 Å². The number of nitrogens with zero attached hydrogens (tertiary/aromatic N) is 1. The Morgan fingerprint density at radius 1 is 1.10 bits per heavy atom. The van der Waals surface area contributed by atoms with E-state index in [4.69, 9.17) is 9.47 Å². The van der Waals surface area contributed by atoms with E-state index < -0.39 is 10.0 Å². The van der Waals surface area contributed by atoms with Gasteiger partial charge in [0.25, 0.3) is 0 Å². The Kier molecular flexibility index (Phi) is 6.32. The molecule has 1 heterocycles. The molecule has 0 radical (unpaired) electrons. The summed E-state index contributed by atoms with van der Waals surface area (Å²) in [5, 5.41) is 2.99. The van der Waals surface area contributed by atoms with Gasteiger partial charge in [-0.2, -0.15) is 0 Å². The van der Waals surface area contributed by atoms with Crippen molar-refractivity contribution in [2.75, 3.05) is 23.9 Å². The Hall–Kier alpha value is -2.74. The number of sulfonamides is 1. The summed E-state index contributed by atoms with van der Waals surface area (Å²) in [5.41, 5.74) is 1.34. The molecule has 0 saturated heterocycles. The first kappa shape index (κ1) is 21.0. The first-order valence-corrected chi connectivity index (χ1v) is 11.3. The molecule has 0 spiro atoms. The van der Waals surface area contributed by atoms with E-state index in [0.717, 1.165) is 22.5 Å². The molecule has 0 unspecified atom stereocenters. The Labute approximate surface area is 171 Å². The molecule has 2 aromatic rings. The van der Waals surface area contributed by atoms with Crippen molar-refractivity contribution in [3.8, 4) is 11.5 Å². The minimum Gasteiger partial charge on any atom is -0.454 e. The summed E-state index contributed by atoms with van der Waals surface area (Å²) in [4.78, 5) is 12.8. The van der Waals surface area contributed by atoms with Crippen molar-refractivity contribution in [2.45, 2.75) is 26.3 Å². The van der Waals surface area contributed by atoms with E-state index in [1.54, 1.807) is 18.2 Å². The van der Waals surface area contributed by atoms with Crippen molar-refractivity contribution in [1.29, 1.82) is 0 Å². The zero-order valence-corrected chi connectivity index (χ0v) is 17.6. The third-order valence-corrected chi connectivity index (χ3v) is 5.72. The lowest BCUT2D eigenvalue weighted by atomic mass is 9.97. The van der Waals surface area contributed by atoms with Crippen LogP contribution in [0.25, 0.3) is 0 Å². The van der Waals surface area contributed by atoms with E-state index >= 15 is 0 Å². The third-order valence-electron chi connectivity index (χ3n) is 4.58. The minimum absolute atomic E-state index is 0.0894. The van der Waals surface area contributed by atoms with Crippen molar-refractivity contribution < 1.29 is 22.7 Å². The average Bonchev–Trinajstić information content (AvgIpc) is 3.13. The van der Waals surface area contributed by atoms with Crippen LogP contribution in [0, 0.1) is 5.92 Å². The number of hydrogen-bond donors (Lipinski definition) is 1. The van der Waals surface area contributed by atoms with Gasteiger partial charge in [-0.05, 0) is 30.0 Å². The summed E-state index contributed by atoms with van der Waals surface area (Å²) in [7, 11) is -3.68. The van der Waals surface area contributed by atoms with E-state index in [0.29, 0.717) is 23.1 Å². The van der Waals surface area contributed by atoms with Gasteiger partial charge in [-0.1, -0.05) is 44.2 Å². The third kappa shape index (κ3) is 5.41. The van der Waals surface area contributed by atoms with Crippen LogP contribution in [0.3, 0.4) is 0 Å². The summed E-state index contributed by atoms with van der Waals surface area (Å²) in [5.74, 6) is 0.995. The SMILES string of the molecule is CC(C)C[C@H](NC(=O)CN(c1ccc2c(c1)OCO2)S(C)(=O)=O)c1ccccc1. The summed E-state index contributed by atoms with van der Waals surface area (Å²) >= 11 is 0. The van der Waals surface area contributed by atoms with Crippen LogP contribution in [0.5, 0.6) is 11.5 Å². The first-order valence-electron chi connectivity index (χ1n) is 9.45. The second-order valence-corrected chi connectivity index (χ2v) is 9.37. The van der Waals surface area contributed by atoms with Crippen LogP contribution in [0.15, 0.2) is 48.5 Å². The lowest BCUT2D eigenvalue weighted by molar-refractivity contribution is -0.120. The fourth-order valence-electron chi connectivity index (χ4n) is 3.25. The standard InChI is InChI=1S/C21H26N2O5S/c1-15(2)11-18(16-7-5-4-6-8-16)22-21(24)13-23(29(3,25)26)17-9-10-19-20(12-17)28-14-27-19/h4-10,12,15,18H,11,13-14H2,1-3H3,(H,22,24)/t18-/m0/s1.